The summed E-state index contributed by atoms with van der Waals surface area (Å²) in [5.74, 6) is -1.42. The highest BCUT2D eigenvalue weighted by Crippen LogP contribution is 2.13. The van der Waals surface area contributed by atoms with E-state index in [1.54, 1.807) is 38.1 Å². The van der Waals surface area contributed by atoms with Crippen LogP contribution >= 0.6 is 0 Å². The molecule has 0 radical (unpaired) electrons. The predicted molar refractivity (Wildman–Crippen MR) is 103 cm³/mol. The lowest BCUT2D eigenvalue weighted by molar-refractivity contribution is -0.142. The molecule has 0 heterocycles. The average molecular weight is 378 g/mol. The van der Waals surface area contributed by atoms with Gasteiger partial charge in [-0.15, -0.1) is 0 Å². The van der Waals surface area contributed by atoms with Gasteiger partial charge < -0.3 is 20.5 Å². The minimum absolute atomic E-state index is 0.113. The van der Waals surface area contributed by atoms with Crippen LogP contribution in [0.1, 0.15) is 51.4 Å². The lowest BCUT2D eigenvalue weighted by Crippen LogP contribution is -2.53. The maximum atomic E-state index is 12.6. The van der Waals surface area contributed by atoms with Crippen molar-refractivity contribution in [3.63, 3.8) is 0 Å². The summed E-state index contributed by atoms with van der Waals surface area (Å²) in [5, 5.41) is 14.5. The van der Waals surface area contributed by atoms with Crippen molar-refractivity contribution < 1.29 is 24.2 Å². The van der Waals surface area contributed by atoms with Crippen LogP contribution in [-0.2, 0) is 9.59 Å². The van der Waals surface area contributed by atoms with Crippen LogP contribution in [0.2, 0.25) is 0 Å². The van der Waals surface area contributed by atoms with Crippen LogP contribution in [0.25, 0.3) is 0 Å². The number of nitrogens with one attached hydrogen (secondary N) is 2. The Bertz CT molecular complexity index is 640. The number of amides is 2. The van der Waals surface area contributed by atoms with Gasteiger partial charge in [-0.25, -0.2) is 4.79 Å². The van der Waals surface area contributed by atoms with Gasteiger partial charge in [0.25, 0.3) is 5.91 Å². The summed E-state index contributed by atoms with van der Waals surface area (Å²) in [4.78, 5) is 36.4. The highest BCUT2D eigenvalue weighted by atomic mass is 16.5. The summed E-state index contributed by atoms with van der Waals surface area (Å²) in [7, 11) is 0. The molecule has 7 heteroatoms. The average Bonchev–Trinajstić information content (AvgIpc) is 2.58. The van der Waals surface area contributed by atoms with Gasteiger partial charge in [0.05, 0.1) is 6.61 Å². The van der Waals surface area contributed by atoms with Gasteiger partial charge in [0.15, 0.2) is 0 Å². The molecule has 1 aromatic carbocycles. The normalized spacial score (nSPS) is 13.1. The van der Waals surface area contributed by atoms with E-state index >= 15 is 0 Å². The van der Waals surface area contributed by atoms with Crippen LogP contribution in [-0.4, -0.2) is 41.6 Å². The molecule has 27 heavy (non-hydrogen) atoms. The Labute approximate surface area is 160 Å². The van der Waals surface area contributed by atoms with Gasteiger partial charge in [-0.1, -0.05) is 27.7 Å². The van der Waals surface area contributed by atoms with Crippen LogP contribution in [0.3, 0.4) is 0 Å². The molecule has 1 rings (SSSR count). The number of carboxylic acids is 1. The number of rotatable bonds is 10. The van der Waals surface area contributed by atoms with Gasteiger partial charge in [-0.3, -0.25) is 9.59 Å². The number of hydrogen-bond donors (Lipinski definition) is 3. The van der Waals surface area contributed by atoms with Gasteiger partial charge in [0.2, 0.25) is 5.91 Å². The molecule has 7 nitrogen and oxygen atoms in total. The quantitative estimate of drug-likeness (QED) is 0.580. The molecule has 0 bridgehead atoms. The van der Waals surface area contributed by atoms with E-state index in [9.17, 15) is 19.5 Å². The first-order valence-corrected chi connectivity index (χ1v) is 9.22. The van der Waals surface area contributed by atoms with E-state index in [4.69, 9.17) is 4.74 Å². The number of hydrogen-bond acceptors (Lipinski definition) is 4. The fourth-order valence-corrected chi connectivity index (χ4v) is 2.58. The molecule has 150 valence electrons. The molecule has 3 N–H and O–H groups in total. The highest BCUT2D eigenvalue weighted by molar-refractivity contribution is 5.98. The van der Waals surface area contributed by atoms with Crippen LogP contribution in [0.15, 0.2) is 24.3 Å². The molecular weight excluding hydrogens is 348 g/mol. The summed E-state index contributed by atoms with van der Waals surface area (Å²) < 4.78 is 5.34. The van der Waals surface area contributed by atoms with E-state index in [1.807, 2.05) is 20.8 Å². The minimum Gasteiger partial charge on any atom is -0.494 e. The molecule has 0 aliphatic heterocycles. The first-order valence-electron chi connectivity index (χ1n) is 9.22. The Morgan fingerprint density at radius 3 is 2.07 bits per heavy atom. The van der Waals surface area contributed by atoms with Crippen molar-refractivity contribution >= 4 is 17.8 Å². The fourth-order valence-electron chi connectivity index (χ4n) is 2.58. The lowest BCUT2D eigenvalue weighted by atomic mass is 10.00. The van der Waals surface area contributed by atoms with E-state index in [1.165, 1.54) is 0 Å². The molecule has 2 atom stereocenters. The zero-order valence-electron chi connectivity index (χ0n) is 16.6. The molecule has 0 aromatic heterocycles. The Morgan fingerprint density at radius 1 is 1.04 bits per heavy atom. The van der Waals surface area contributed by atoms with Gasteiger partial charge in [0.1, 0.15) is 17.8 Å². The molecule has 1 unspecified atom stereocenters. The number of carboxylic acid groups (broad SMARTS) is 1. The van der Waals surface area contributed by atoms with Crippen molar-refractivity contribution in [1.29, 1.82) is 0 Å². The summed E-state index contributed by atoms with van der Waals surface area (Å²) in [6.07, 6.45) is 0.318. The third-order valence-electron chi connectivity index (χ3n) is 3.98. The second-order valence-corrected chi connectivity index (χ2v) is 7.18. The van der Waals surface area contributed by atoms with E-state index in [0.29, 0.717) is 24.3 Å². The summed E-state index contributed by atoms with van der Waals surface area (Å²) in [6, 6.07) is 4.79. The highest BCUT2D eigenvalue weighted by Gasteiger charge is 2.29. The molecule has 0 aliphatic rings. The summed E-state index contributed by atoms with van der Waals surface area (Å²) in [6.45, 7) is 9.76. The molecule has 0 fully saturated rings. The number of benzene rings is 1. The van der Waals surface area contributed by atoms with Crippen molar-refractivity contribution in [3.05, 3.63) is 29.8 Å². The number of carbonyl (C=O) groups is 3. The van der Waals surface area contributed by atoms with Crippen LogP contribution < -0.4 is 15.4 Å². The third-order valence-corrected chi connectivity index (χ3v) is 3.98. The molecular formula is C20H30N2O5. The molecule has 0 aliphatic carbocycles. The fraction of sp³-hybridized carbons (Fsp3) is 0.550. The van der Waals surface area contributed by atoms with E-state index in [2.05, 4.69) is 10.6 Å². The predicted octanol–water partition coefficient (Wildman–Crippen LogP) is 2.46. The first kappa shape index (κ1) is 22.5. The van der Waals surface area contributed by atoms with E-state index in [0.717, 1.165) is 0 Å². The standard InChI is InChI=1S/C20H30N2O5/c1-6-27-15-9-7-14(8-10-15)18(23)22-17(13(4)5)19(24)21-16(20(25)26)11-12(2)3/h7-10,12-13,16-17H,6,11H2,1-5H3,(H,21,24)(H,22,23)(H,25,26)/t16-,17?/m1/s1. The molecule has 0 saturated carbocycles. The number of aliphatic carboxylic acids is 1. The van der Waals surface area contributed by atoms with Crippen LogP contribution in [0, 0.1) is 11.8 Å². The van der Waals surface area contributed by atoms with Crippen molar-refractivity contribution in [2.24, 2.45) is 11.8 Å². The largest absolute Gasteiger partial charge is 0.494 e. The van der Waals surface area contributed by atoms with E-state index in [-0.39, 0.29) is 11.8 Å². The Balaban J connectivity index is 2.83. The van der Waals surface area contributed by atoms with E-state index < -0.39 is 29.9 Å². The number of carbonyl (C=O) groups excluding carboxylic acids is 2. The van der Waals surface area contributed by atoms with Crippen molar-refractivity contribution in [2.75, 3.05) is 6.61 Å². The van der Waals surface area contributed by atoms with Crippen molar-refractivity contribution in [1.82, 2.24) is 10.6 Å². The maximum Gasteiger partial charge on any atom is 0.326 e. The summed E-state index contributed by atoms with van der Waals surface area (Å²) >= 11 is 0. The Morgan fingerprint density at radius 2 is 1.63 bits per heavy atom. The lowest BCUT2D eigenvalue weighted by Gasteiger charge is -2.24. The molecule has 1 aromatic rings. The van der Waals surface area contributed by atoms with Crippen LogP contribution in [0.5, 0.6) is 5.75 Å². The van der Waals surface area contributed by atoms with Gasteiger partial charge in [-0.2, -0.15) is 0 Å². The van der Waals surface area contributed by atoms with Crippen molar-refractivity contribution in [2.45, 2.75) is 53.1 Å². The first-order chi connectivity index (χ1) is 12.6. The summed E-state index contributed by atoms with van der Waals surface area (Å²) in [5.41, 5.74) is 0.397. The Kier molecular flexibility index (Phi) is 8.78. The SMILES string of the molecule is CCOc1ccc(C(=O)NC(C(=O)N[C@H](CC(C)C)C(=O)O)C(C)C)cc1. The minimum atomic E-state index is -1.09. The number of ether oxygens (including phenoxy) is 1. The second kappa shape index (κ2) is 10.5. The third kappa shape index (κ3) is 7.29. The molecule has 0 spiro atoms. The molecule has 0 saturated heterocycles. The van der Waals surface area contributed by atoms with Gasteiger partial charge >= 0.3 is 5.97 Å². The van der Waals surface area contributed by atoms with Gasteiger partial charge in [-0.05, 0) is 49.4 Å². The topological polar surface area (TPSA) is 105 Å². The maximum absolute atomic E-state index is 12.6. The smallest absolute Gasteiger partial charge is 0.326 e. The monoisotopic (exact) mass is 378 g/mol. The van der Waals surface area contributed by atoms with Gasteiger partial charge in [0, 0.05) is 5.56 Å². The van der Waals surface area contributed by atoms with Crippen molar-refractivity contribution in [3.8, 4) is 5.75 Å². The Hall–Kier alpha value is -2.57. The second-order valence-electron chi connectivity index (χ2n) is 7.18. The zero-order chi connectivity index (χ0) is 20.6. The van der Waals surface area contributed by atoms with Crippen LogP contribution in [0.4, 0.5) is 0 Å². The zero-order valence-corrected chi connectivity index (χ0v) is 16.6. The molecule has 2 amide bonds.